The van der Waals surface area contributed by atoms with Gasteiger partial charge in [0.2, 0.25) is 0 Å². The van der Waals surface area contributed by atoms with Gasteiger partial charge < -0.3 is 4.57 Å². The molecule has 3 rings (SSSR count). The molecule has 0 fully saturated rings. The Balaban J connectivity index is 1.85. The van der Waals surface area contributed by atoms with E-state index < -0.39 is 0 Å². The van der Waals surface area contributed by atoms with Crippen LogP contribution in [0.2, 0.25) is 0 Å². The lowest BCUT2D eigenvalue weighted by Gasteiger charge is -2.07. The average molecular weight is 303 g/mol. The molecule has 1 aromatic heterocycles. The monoisotopic (exact) mass is 302 g/mol. The molecule has 0 saturated carbocycles. The third-order valence-corrected chi connectivity index (χ3v) is 4.78. The minimum Gasteiger partial charge on any atom is -0.325 e. The number of nitrogens with zero attached hydrogens (tertiary/aromatic N) is 2. The summed E-state index contributed by atoms with van der Waals surface area (Å²) in [6, 6.07) is 14.9. The van der Waals surface area contributed by atoms with Crippen LogP contribution in [0.3, 0.4) is 0 Å². The number of thioether (sulfide) groups is 1. The summed E-state index contributed by atoms with van der Waals surface area (Å²) in [4.78, 5) is 4.42. The number of aromatic nitrogens is 2. The topological polar surface area (TPSA) is 17.8 Å². The Labute approximate surface area is 127 Å². The maximum absolute atomic E-state index is 5.87. The number of alkyl halides is 1. The number of benzene rings is 2. The van der Waals surface area contributed by atoms with Gasteiger partial charge in [-0.05, 0) is 16.3 Å². The fourth-order valence-electron chi connectivity index (χ4n) is 2.24. The number of hydrogen-bond acceptors (Lipinski definition) is 2. The van der Waals surface area contributed by atoms with E-state index in [1.54, 1.807) is 11.8 Å². The van der Waals surface area contributed by atoms with Crippen LogP contribution in [-0.4, -0.2) is 9.55 Å². The molecule has 2 aromatic carbocycles. The SMILES string of the molecule is Cn1c(CCl)cnc1SCc1cccc2ccccc12. The first kappa shape index (κ1) is 13.5. The van der Waals surface area contributed by atoms with Crippen LogP contribution in [-0.2, 0) is 18.7 Å². The minimum absolute atomic E-state index is 0.498. The molecule has 0 spiro atoms. The Morgan fingerprint density at radius 1 is 1.15 bits per heavy atom. The standard InChI is InChI=1S/C16H15ClN2S/c1-19-14(9-17)10-18-16(19)20-11-13-7-4-6-12-5-2-3-8-15(12)13/h2-8,10H,9,11H2,1H3. The molecule has 2 nitrogen and oxygen atoms in total. The molecule has 0 unspecified atom stereocenters. The van der Waals surface area contributed by atoms with Crippen LogP contribution in [0.1, 0.15) is 11.3 Å². The van der Waals surface area contributed by atoms with Gasteiger partial charge in [0.1, 0.15) is 0 Å². The van der Waals surface area contributed by atoms with Crippen molar-refractivity contribution in [1.29, 1.82) is 0 Å². The van der Waals surface area contributed by atoms with E-state index in [1.807, 2.05) is 13.2 Å². The zero-order valence-electron chi connectivity index (χ0n) is 11.2. The molecule has 0 amide bonds. The predicted molar refractivity (Wildman–Crippen MR) is 86.3 cm³/mol. The summed E-state index contributed by atoms with van der Waals surface area (Å²) in [6.07, 6.45) is 1.85. The van der Waals surface area contributed by atoms with Crippen molar-refractivity contribution in [2.24, 2.45) is 7.05 Å². The van der Waals surface area contributed by atoms with Crippen molar-refractivity contribution in [3.05, 3.63) is 59.9 Å². The van der Waals surface area contributed by atoms with Crippen molar-refractivity contribution in [3.8, 4) is 0 Å². The number of rotatable bonds is 4. The van der Waals surface area contributed by atoms with Crippen molar-refractivity contribution in [1.82, 2.24) is 9.55 Å². The van der Waals surface area contributed by atoms with Crippen molar-refractivity contribution in [3.63, 3.8) is 0 Å². The zero-order valence-corrected chi connectivity index (χ0v) is 12.8. The molecule has 1 heterocycles. The Bertz CT molecular complexity index is 731. The predicted octanol–water partition coefficient (Wildman–Crippen LogP) is 4.60. The molecule has 0 atom stereocenters. The van der Waals surface area contributed by atoms with Crippen molar-refractivity contribution in [2.75, 3.05) is 0 Å². The molecule has 0 aliphatic rings. The molecule has 0 bridgehead atoms. The summed E-state index contributed by atoms with van der Waals surface area (Å²) in [6.45, 7) is 0. The third-order valence-electron chi connectivity index (χ3n) is 3.42. The molecular weight excluding hydrogens is 288 g/mol. The van der Waals surface area contributed by atoms with Gasteiger partial charge in [0.25, 0.3) is 0 Å². The summed E-state index contributed by atoms with van der Waals surface area (Å²) in [5, 5.41) is 3.61. The maximum atomic E-state index is 5.87. The molecule has 20 heavy (non-hydrogen) atoms. The summed E-state index contributed by atoms with van der Waals surface area (Å²) in [5.41, 5.74) is 2.38. The first-order valence-corrected chi connectivity index (χ1v) is 7.97. The van der Waals surface area contributed by atoms with Gasteiger partial charge in [0.05, 0.1) is 17.8 Å². The molecule has 4 heteroatoms. The number of imidazole rings is 1. The Morgan fingerprint density at radius 2 is 1.95 bits per heavy atom. The summed E-state index contributed by atoms with van der Waals surface area (Å²) < 4.78 is 2.06. The molecular formula is C16H15ClN2S. The Morgan fingerprint density at radius 3 is 2.75 bits per heavy atom. The van der Waals surface area contributed by atoms with E-state index in [-0.39, 0.29) is 0 Å². The van der Waals surface area contributed by atoms with Gasteiger partial charge in [-0.1, -0.05) is 54.2 Å². The van der Waals surface area contributed by atoms with Crippen molar-refractivity contribution < 1.29 is 0 Å². The number of fused-ring (bicyclic) bond motifs is 1. The highest BCUT2D eigenvalue weighted by molar-refractivity contribution is 7.98. The van der Waals surface area contributed by atoms with E-state index in [1.165, 1.54) is 16.3 Å². The van der Waals surface area contributed by atoms with Crippen LogP contribution in [0.4, 0.5) is 0 Å². The van der Waals surface area contributed by atoms with Gasteiger partial charge in [-0.2, -0.15) is 0 Å². The second-order valence-electron chi connectivity index (χ2n) is 4.65. The van der Waals surface area contributed by atoms with Crippen LogP contribution in [0.25, 0.3) is 10.8 Å². The summed E-state index contributed by atoms with van der Waals surface area (Å²) in [7, 11) is 2.01. The van der Waals surface area contributed by atoms with E-state index in [4.69, 9.17) is 11.6 Å². The lowest BCUT2D eigenvalue weighted by atomic mass is 10.1. The lowest BCUT2D eigenvalue weighted by molar-refractivity contribution is 0.761. The van der Waals surface area contributed by atoms with Gasteiger partial charge in [0, 0.05) is 12.8 Å². The highest BCUT2D eigenvalue weighted by Crippen LogP contribution is 2.27. The molecule has 3 aromatic rings. The van der Waals surface area contributed by atoms with Crippen LogP contribution in [0.5, 0.6) is 0 Å². The molecule has 0 saturated heterocycles. The van der Waals surface area contributed by atoms with Crippen LogP contribution in [0, 0.1) is 0 Å². The first-order valence-electron chi connectivity index (χ1n) is 6.45. The molecule has 102 valence electrons. The summed E-state index contributed by atoms with van der Waals surface area (Å²) in [5.74, 6) is 1.41. The van der Waals surface area contributed by atoms with Gasteiger partial charge in [-0.15, -0.1) is 11.6 Å². The van der Waals surface area contributed by atoms with Crippen LogP contribution in [0.15, 0.2) is 53.8 Å². The van der Waals surface area contributed by atoms with Gasteiger partial charge in [-0.3, -0.25) is 0 Å². The largest absolute Gasteiger partial charge is 0.325 e. The lowest BCUT2D eigenvalue weighted by Crippen LogP contribution is -1.95. The van der Waals surface area contributed by atoms with Crippen molar-refractivity contribution >= 4 is 34.1 Å². The smallest absolute Gasteiger partial charge is 0.168 e. The first-order chi connectivity index (χ1) is 9.79. The highest BCUT2D eigenvalue weighted by atomic mass is 35.5. The average Bonchev–Trinajstić information content (AvgIpc) is 2.85. The molecule has 0 aliphatic heterocycles. The van der Waals surface area contributed by atoms with Crippen molar-refractivity contribution in [2.45, 2.75) is 16.8 Å². The van der Waals surface area contributed by atoms with E-state index in [2.05, 4.69) is 52.0 Å². The fourth-order valence-corrected chi connectivity index (χ4v) is 3.47. The second kappa shape index (κ2) is 5.90. The molecule has 0 N–H and O–H groups in total. The Kier molecular flexibility index (Phi) is 3.99. The number of hydrogen-bond donors (Lipinski definition) is 0. The van der Waals surface area contributed by atoms with Gasteiger partial charge in [0.15, 0.2) is 5.16 Å². The van der Waals surface area contributed by atoms with Gasteiger partial charge in [-0.25, -0.2) is 4.98 Å². The van der Waals surface area contributed by atoms with Gasteiger partial charge >= 0.3 is 0 Å². The van der Waals surface area contributed by atoms with E-state index in [0.29, 0.717) is 5.88 Å². The van der Waals surface area contributed by atoms with Crippen LogP contribution >= 0.6 is 23.4 Å². The van der Waals surface area contributed by atoms with Crippen LogP contribution < -0.4 is 0 Å². The second-order valence-corrected chi connectivity index (χ2v) is 5.86. The van der Waals surface area contributed by atoms with E-state index >= 15 is 0 Å². The fraction of sp³-hybridized carbons (Fsp3) is 0.188. The highest BCUT2D eigenvalue weighted by Gasteiger charge is 2.07. The summed E-state index contributed by atoms with van der Waals surface area (Å²) >= 11 is 7.62. The normalized spacial score (nSPS) is 11.1. The quantitative estimate of drug-likeness (QED) is 0.517. The van der Waals surface area contributed by atoms with E-state index in [9.17, 15) is 0 Å². The minimum atomic E-state index is 0.498. The molecule has 0 aliphatic carbocycles. The Hall–Kier alpha value is -1.45. The molecule has 0 radical (unpaired) electrons. The third kappa shape index (κ3) is 2.56. The zero-order chi connectivity index (χ0) is 13.9. The number of halogens is 1. The van der Waals surface area contributed by atoms with E-state index in [0.717, 1.165) is 16.6 Å². The maximum Gasteiger partial charge on any atom is 0.168 e.